The van der Waals surface area contributed by atoms with E-state index in [0.29, 0.717) is 11.1 Å². The molecule has 0 spiro atoms. The van der Waals surface area contributed by atoms with Gasteiger partial charge < -0.3 is 19.9 Å². The number of carboxylic acid groups (broad SMARTS) is 1. The molecular weight excluding hydrogens is 370 g/mol. The molecule has 2 aromatic carbocycles. The molecule has 150 valence electrons. The molecule has 0 unspecified atom stereocenters. The van der Waals surface area contributed by atoms with Crippen LogP contribution >= 0.6 is 0 Å². The van der Waals surface area contributed by atoms with Crippen molar-refractivity contribution in [2.24, 2.45) is 0 Å². The summed E-state index contributed by atoms with van der Waals surface area (Å²) >= 11 is 0. The van der Waals surface area contributed by atoms with Gasteiger partial charge in [0.2, 0.25) is 0 Å². The molecule has 0 saturated carbocycles. The van der Waals surface area contributed by atoms with Crippen LogP contribution < -0.4 is 5.11 Å². The van der Waals surface area contributed by atoms with Gasteiger partial charge >= 0.3 is 0 Å². The summed E-state index contributed by atoms with van der Waals surface area (Å²) in [5.74, 6) is -2.98. The summed E-state index contributed by atoms with van der Waals surface area (Å²) in [5.41, 5.74) is 3.15. The standard InChI is InChI=1S/C23H23NO5/c1-14-5-9-16(10-6-14)20-19(21(27)17-11-7-15(2)8-12-17)22(28)23(29)24(20)13-3-4-18(25)26/h5-12,20,27H,3-4,13H2,1-2H3,(H,25,26)/p-1/t20-/m0/s1. The number of likely N-dealkylation sites (tertiary alicyclic amines) is 1. The number of aliphatic hydroxyl groups is 1. The fourth-order valence-electron chi connectivity index (χ4n) is 3.47. The highest BCUT2D eigenvalue weighted by Crippen LogP contribution is 2.39. The molecule has 1 atom stereocenters. The average molecular weight is 392 g/mol. The van der Waals surface area contributed by atoms with Crippen LogP contribution in [0.3, 0.4) is 0 Å². The first-order valence-corrected chi connectivity index (χ1v) is 9.41. The van der Waals surface area contributed by atoms with Crippen molar-refractivity contribution in [3.05, 3.63) is 76.4 Å². The van der Waals surface area contributed by atoms with Crippen molar-refractivity contribution in [2.75, 3.05) is 6.54 Å². The lowest BCUT2D eigenvalue weighted by Crippen LogP contribution is -2.32. The molecule has 0 bridgehead atoms. The molecular formula is C23H22NO5-. The number of hydrogen-bond donors (Lipinski definition) is 1. The molecule has 1 amide bonds. The first-order valence-electron chi connectivity index (χ1n) is 9.41. The van der Waals surface area contributed by atoms with Crippen LogP contribution in [0.15, 0.2) is 54.1 Å². The van der Waals surface area contributed by atoms with Crippen molar-refractivity contribution in [2.45, 2.75) is 32.7 Å². The van der Waals surface area contributed by atoms with E-state index < -0.39 is 23.7 Å². The number of carboxylic acids is 1. The van der Waals surface area contributed by atoms with Gasteiger partial charge in [-0.2, -0.15) is 0 Å². The normalized spacial score (nSPS) is 18.3. The summed E-state index contributed by atoms with van der Waals surface area (Å²) in [6.07, 6.45) is -0.0656. The first kappa shape index (κ1) is 20.3. The molecule has 0 aromatic heterocycles. The fourth-order valence-corrected chi connectivity index (χ4v) is 3.47. The van der Waals surface area contributed by atoms with Crippen molar-refractivity contribution < 1.29 is 24.6 Å². The van der Waals surface area contributed by atoms with E-state index in [9.17, 15) is 24.6 Å². The predicted octanol–water partition coefficient (Wildman–Crippen LogP) is 2.26. The van der Waals surface area contributed by atoms with E-state index in [2.05, 4.69) is 0 Å². The Morgan fingerprint density at radius 3 is 2.10 bits per heavy atom. The highest BCUT2D eigenvalue weighted by Gasteiger charge is 2.45. The lowest BCUT2D eigenvalue weighted by atomic mass is 9.94. The Morgan fingerprint density at radius 2 is 1.55 bits per heavy atom. The van der Waals surface area contributed by atoms with Crippen LogP contribution in [0.1, 0.15) is 41.1 Å². The Bertz CT molecular complexity index is 973. The highest BCUT2D eigenvalue weighted by atomic mass is 16.4. The van der Waals surface area contributed by atoms with E-state index in [1.54, 1.807) is 24.3 Å². The van der Waals surface area contributed by atoms with Gasteiger partial charge in [0.1, 0.15) is 5.76 Å². The number of aryl methyl sites for hydroxylation is 2. The number of aliphatic carboxylic acids is 1. The number of carbonyl (C=O) groups is 3. The van der Waals surface area contributed by atoms with E-state index in [0.717, 1.165) is 11.1 Å². The summed E-state index contributed by atoms with van der Waals surface area (Å²) in [4.78, 5) is 37.6. The van der Waals surface area contributed by atoms with Crippen molar-refractivity contribution in [1.82, 2.24) is 4.90 Å². The Balaban J connectivity index is 2.08. The SMILES string of the molecule is Cc1ccc(C(O)=C2C(=O)C(=O)N(CCCC(=O)[O-])[C@H]2c2ccc(C)cc2)cc1. The highest BCUT2D eigenvalue weighted by molar-refractivity contribution is 6.46. The maximum Gasteiger partial charge on any atom is 0.295 e. The summed E-state index contributed by atoms with van der Waals surface area (Å²) in [6, 6.07) is 13.6. The van der Waals surface area contributed by atoms with Crippen LogP contribution in [-0.2, 0) is 14.4 Å². The van der Waals surface area contributed by atoms with E-state index in [1.165, 1.54) is 4.90 Å². The molecule has 3 rings (SSSR count). The number of nitrogens with zero attached hydrogens (tertiary/aromatic N) is 1. The molecule has 0 radical (unpaired) electrons. The van der Waals surface area contributed by atoms with Crippen molar-refractivity contribution in [3.8, 4) is 0 Å². The number of benzene rings is 2. The number of ketones is 1. The molecule has 1 heterocycles. The van der Waals surface area contributed by atoms with Gasteiger partial charge in [0.05, 0.1) is 11.6 Å². The maximum atomic E-state index is 12.8. The third-order valence-corrected chi connectivity index (χ3v) is 5.04. The number of hydrogen-bond acceptors (Lipinski definition) is 5. The fraction of sp³-hybridized carbons (Fsp3) is 0.261. The first-order chi connectivity index (χ1) is 13.8. The number of Topliss-reactive ketones (excluding diaryl/α,β-unsaturated/α-hetero) is 1. The van der Waals surface area contributed by atoms with Crippen LogP contribution in [0, 0.1) is 13.8 Å². The molecule has 29 heavy (non-hydrogen) atoms. The van der Waals surface area contributed by atoms with Gasteiger partial charge in [-0.3, -0.25) is 9.59 Å². The molecule has 6 heteroatoms. The predicted molar refractivity (Wildman–Crippen MR) is 106 cm³/mol. The minimum absolute atomic E-state index is 0.0103. The minimum atomic E-state index is -1.21. The van der Waals surface area contributed by atoms with Crippen molar-refractivity contribution >= 4 is 23.4 Å². The summed E-state index contributed by atoms with van der Waals surface area (Å²) < 4.78 is 0. The molecule has 6 nitrogen and oxygen atoms in total. The maximum absolute atomic E-state index is 12.8. The molecule has 1 fully saturated rings. The number of rotatable bonds is 6. The summed E-state index contributed by atoms with van der Waals surface area (Å²) in [5, 5.41) is 21.7. The van der Waals surface area contributed by atoms with Crippen LogP contribution in [0.5, 0.6) is 0 Å². The molecule has 0 aliphatic carbocycles. The van der Waals surface area contributed by atoms with Crippen LogP contribution in [0.2, 0.25) is 0 Å². The van der Waals surface area contributed by atoms with Gasteiger partial charge in [0, 0.05) is 18.1 Å². The lowest BCUT2D eigenvalue weighted by molar-refractivity contribution is -0.305. The smallest absolute Gasteiger partial charge is 0.295 e. The van der Waals surface area contributed by atoms with Crippen LogP contribution in [0.25, 0.3) is 5.76 Å². The third kappa shape index (κ3) is 4.21. The Hall–Kier alpha value is -3.41. The Labute approximate surface area is 169 Å². The van der Waals surface area contributed by atoms with Gasteiger partial charge in [-0.05, 0) is 32.3 Å². The lowest BCUT2D eigenvalue weighted by Gasteiger charge is -2.25. The average Bonchev–Trinajstić information content (AvgIpc) is 2.93. The van der Waals surface area contributed by atoms with E-state index >= 15 is 0 Å². The van der Waals surface area contributed by atoms with Crippen molar-refractivity contribution in [3.63, 3.8) is 0 Å². The van der Waals surface area contributed by atoms with E-state index in [4.69, 9.17) is 0 Å². The molecule has 1 saturated heterocycles. The minimum Gasteiger partial charge on any atom is -0.550 e. The molecule has 1 N–H and O–H groups in total. The Morgan fingerprint density at radius 1 is 1.00 bits per heavy atom. The topological polar surface area (TPSA) is 97.7 Å². The zero-order valence-electron chi connectivity index (χ0n) is 16.3. The summed E-state index contributed by atoms with van der Waals surface area (Å²) in [6.45, 7) is 3.90. The monoisotopic (exact) mass is 392 g/mol. The van der Waals surface area contributed by atoms with E-state index in [1.807, 2.05) is 38.1 Å². The van der Waals surface area contributed by atoms with E-state index in [-0.39, 0.29) is 30.7 Å². The van der Waals surface area contributed by atoms with Crippen LogP contribution in [-0.4, -0.2) is 34.2 Å². The Kier molecular flexibility index (Phi) is 5.82. The zero-order valence-corrected chi connectivity index (χ0v) is 16.3. The molecule has 2 aromatic rings. The van der Waals surface area contributed by atoms with Crippen molar-refractivity contribution in [1.29, 1.82) is 0 Å². The number of carbonyl (C=O) groups excluding carboxylic acids is 3. The second-order valence-electron chi connectivity index (χ2n) is 7.24. The van der Waals surface area contributed by atoms with Gasteiger partial charge in [-0.25, -0.2) is 0 Å². The molecule has 1 aliphatic heterocycles. The molecule has 1 aliphatic rings. The number of amides is 1. The third-order valence-electron chi connectivity index (χ3n) is 5.04. The second-order valence-corrected chi connectivity index (χ2v) is 7.24. The number of aliphatic hydroxyl groups excluding tert-OH is 1. The quantitative estimate of drug-likeness (QED) is 0.462. The summed E-state index contributed by atoms with van der Waals surface area (Å²) in [7, 11) is 0. The van der Waals surface area contributed by atoms with Crippen LogP contribution in [0.4, 0.5) is 0 Å². The zero-order chi connectivity index (χ0) is 21.1. The largest absolute Gasteiger partial charge is 0.550 e. The van der Waals surface area contributed by atoms with Gasteiger partial charge in [0.25, 0.3) is 11.7 Å². The van der Waals surface area contributed by atoms with Gasteiger partial charge in [-0.15, -0.1) is 0 Å². The van der Waals surface area contributed by atoms with Gasteiger partial charge in [0.15, 0.2) is 0 Å². The van der Waals surface area contributed by atoms with Gasteiger partial charge in [-0.1, -0.05) is 59.7 Å². The second kappa shape index (κ2) is 8.31.